The van der Waals surface area contributed by atoms with Crippen molar-refractivity contribution in [2.24, 2.45) is 0 Å². The molecular formula is C25H31ClN2O6. The number of halogens is 1. The fourth-order valence-electron chi connectivity index (χ4n) is 4.63. The van der Waals surface area contributed by atoms with Gasteiger partial charge in [-0.25, -0.2) is 0 Å². The summed E-state index contributed by atoms with van der Waals surface area (Å²) in [5.74, 6) is 0.736. The maximum atomic E-state index is 12.6. The lowest BCUT2D eigenvalue weighted by molar-refractivity contribution is -0.00202. The Morgan fingerprint density at radius 2 is 2.03 bits per heavy atom. The van der Waals surface area contributed by atoms with Crippen LogP contribution in [-0.2, 0) is 6.42 Å². The lowest BCUT2D eigenvalue weighted by atomic mass is 9.87. The number of ether oxygens (including phenoxy) is 2. The van der Waals surface area contributed by atoms with Crippen molar-refractivity contribution < 1.29 is 29.6 Å². The quantitative estimate of drug-likeness (QED) is 0.522. The van der Waals surface area contributed by atoms with Gasteiger partial charge in [-0.1, -0.05) is 11.6 Å². The molecule has 2 aromatic carbocycles. The molecule has 1 saturated heterocycles. The Kier molecular flexibility index (Phi) is 7.52. The van der Waals surface area contributed by atoms with Gasteiger partial charge < -0.3 is 34.6 Å². The van der Waals surface area contributed by atoms with Gasteiger partial charge in [0, 0.05) is 63.6 Å². The first-order chi connectivity index (χ1) is 16.3. The van der Waals surface area contributed by atoms with Crippen LogP contribution in [-0.4, -0.2) is 89.2 Å². The minimum absolute atomic E-state index is 0.0183. The first-order valence-corrected chi connectivity index (χ1v) is 11.9. The zero-order chi connectivity index (χ0) is 24.3. The van der Waals surface area contributed by atoms with Gasteiger partial charge in [-0.05, 0) is 35.9 Å². The highest BCUT2D eigenvalue weighted by atomic mass is 35.5. The Hall–Kier alpha value is -2.52. The standard InChI is InChI=1S/C25H31ClN2O6/c1-27(10-11-29)24(32)21-4-3-19(30)13-23(21)33-16-20(31)15-28-8-6-25(7-9-28)14-17-12-18(26)2-5-22(17)34-25/h2-5,12-13,20,29-31H,6-11,14-16H2,1H3/t20-/m1/s1. The molecule has 1 amide bonds. The lowest BCUT2D eigenvalue weighted by Crippen LogP contribution is -2.49. The number of β-amino-alcohol motifs (C(OH)–C–C–N with tert-alkyl or cyclic N) is 1. The molecule has 1 spiro atoms. The summed E-state index contributed by atoms with van der Waals surface area (Å²) in [6.07, 6.45) is 1.79. The smallest absolute Gasteiger partial charge is 0.257 e. The highest BCUT2D eigenvalue weighted by Gasteiger charge is 2.42. The van der Waals surface area contributed by atoms with Crippen LogP contribution in [0.5, 0.6) is 17.2 Å². The minimum atomic E-state index is -0.768. The molecule has 0 unspecified atom stereocenters. The summed E-state index contributed by atoms with van der Waals surface area (Å²) in [5, 5.41) is 30.2. The van der Waals surface area contributed by atoms with Crippen LogP contribution in [0.3, 0.4) is 0 Å². The third-order valence-electron chi connectivity index (χ3n) is 6.51. The SMILES string of the molecule is CN(CCO)C(=O)c1ccc(O)cc1OC[C@H](O)CN1CCC2(CC1)Cc1cc(Cl)ccc1O2. The van der Waals surface area contributed by atoms with E-state index in [2.05, 4.69) is 4.90 Å². The summed E-state index contributed by atoms with van der Waals surface area (Å²) < 4.78 is 12.0. The molecule has 0 aromatic heterocycles. The predicted molar refractivity (Wildman–Crippen MR) is 128 cm³/mol. The maximum absolute atomic E-state index is 12.6. The van der Waals surface area contributed by atoms with Gasteiger partial charge in [-0.2, -0.15) is 0 Å². The van der Waals surface area contributed by atoms with Crippen LogP contribution in [0.25, 0.3) is 0 Å². The molecule has 2 aliphatic heterocycles. The largest absolute Gasteiger partial charge is 0.508 e. The first kappa shape index (κ1) is 24.6. The van der Waals surface area contributed by atoms with Crippen LogP contribution in [0.1, 0.15) is 28.8 Å². The molecule has 1 atom stereocenters. The van der Waals surface area contributed by atoms with Gasteiger partial charge in [-0.3, -0.25) is 4.79 Å². The zero-order valence-corrected chi connectivity index (χ0v) is 20.0. The van der Waals surface area contributed by atoms with Crippen molar-refractivity contribution in [1.29, 1.82) is 0 Å². The Balaban J connectivity index is 1.29. The van der Waals surface area contributed by atoms with Crippen molar-refractivity contribution in [1.82, 2.24) is 9.80 Å². The summed E-state index contributed by atoms with van der Waals surface area (Å²) >= 11 is 6.12. The van der Waals surface area contributed by atoms with E-state index in [0.717, 1.165) is 48.7 Å². The van der Waals surface area contributed by atoms with E-state index in [-0.39, 0.29) is 48.3 Å². The molecular weight excluding hydrogens is 460 g/mol. The average molecular weight is 491 g/mol. The number of aliphatic hydroxyl groups is 2. The number of likely N-dealkylation sites (tertiary alicyclic amines) is 1. The summed E-state index contributed by atoms with van der Waals surface area (Å²) in [6.45, 7) is 2.02. The Morgan fingerprint density at radius 1 is 1.26 bits per heavy atom. The number of aromatic hydroxyl groups is 1. The number of carbonyl (C=O) groups is 1. The van der Waals surface area contributed by atoms with E-state index < -0.39 is 6.10 Å². The van der Waals surface area contributed by atoms with Gasteiger partial charge in [-0.15, -0.1) is 0 Å². The van der Waals surface area contributed by atoms with Gasteiger partial charge in [0.2, 0.25) is 0 Å². The number of nitrogens with zero attached hydrogens (tertiary/aromatic N) is 2. The second-order valence-corrected chi connectivity index (χ2v) is 9.55. The van der Waals surface area contributed by atoms with Gasteiger partial charge in [0.05, 0.1) is 12.2 Å². The van der Waals surface area contributed by atoms with E-state index in [9.17, 15) is 15.0 Å². The van der Waals surface area contributed by atoms with E-state index >= 15 is 0 Å². The van der Waals surface area contributed by atoms with Crippen molar-refractivity contribution in [3.63, 3.8) is 0 Å². The van der Waals surface area contributed by atoms with Crippen molar-refractivity contribution in [3.05, 3.63) is 52.5 Å². The summed E-state index contributed by atoms with van der Waals surface area (Å²) in [5.41, 5.74) is 1.21. The third kappa shape index (κ3) is 5.58. The fraction of sp³-hybridized carbons (Fsp3) is 0.480. The number of hydrogen-bond acceptors (Lipinski definition) is 7. The average Bonchev–Trinajstić information content (AvgIpc) is 3.16. The molecule has 8 nitrogen and oxygen atoms in total. The van der Waals surface area contributed by atoms with E-state index in [1.54, 1.807) is 7.05 Å². The number of likely N-dealkylation sites (N-methyl/N-ethyl adjacent to an activating group) is 1. The van der Waals surface area contributed by atoms with Crippen molar-refractivity contribution >= 4 is 17.5 Å². The molecule has 0 radical (unpaired) electrons. The number of carbonyl (C=O) groups excluding carboxylic acids is 1. The molecule has 4 rings (SSSR count). The van der Waals surface area contributed by atoms with Crippen molar-refractivity contribution in [3.8, 4) is 17.2 Å². The molecule has 0 bridgehead atoms. The second-order valence-electron chi connectivity index (χ2n) is 9.11. The van der Waals surface area contributed by atoms with Crippen LogP contribution in [0.2, 0.25) is 5.02 Å². The number of rotatable bonds is 8. The Labute approximate surface area is 204 Å². The molecule has 2 aromatic rings. The second kappa shape index (κ2) is 10.4. The maximum Gasteiger partial charge on any atom is 0.257 e. The number of phenols is 1. The highest BCUT2D eigenvalue weighted by molar-refractivity contribution is 6.30. The van der Waals surface area contributed by atoms with Gasteiger partial charge >= 0.3 is 0 Å². The van der Waals surface area contributed by atoms with Crippen molar-refractivity contribution in [2.45, 2.75) is 31.0 Å². The van der Waals surface area contributed by atoms with Crippen LogP contribution in [0.15, 0.2) is 36.4 Å². The molecule has 3 N–H and O–H groups in total. The van der Waals surface area contributed by atoms with Gasteiger partial charge in [0.1, 0.15) is 35.6 Å². The first-order valence-electron chi connectivity index (χ1n) is 11.5. The molecule has 2 heterocycles. The monoisotopic (exact) mass is 490 g/mol. The van der Waals surface area contributed by atoms with E-state index in [4.69, 9.17) is 26.2 Å². The number of piperidine rings is 1. The van der Waals surface area contributed by atoms with Gasteiger partial charge in [0.25, 0.3) is 5.91 Å². The lowest BCUT2D eigenvalue weighted by Gasteiger charge is -2.39. The molecule has 0 saturated carbocycles. The molecule has 1 fully saturated rings. The summed E-state index contributed by atoms with van der Waals surface area (Å²) in [7, 11) is 1.58. The van der Waals surface area contributed by atoms with Crippen LogP contribution in [0, 0.1) is 0 Å². The van der Waals surface area contributed by atoms with E-state index in [0.29, 0.717) is 6.54 Å². The van der Waals surface area contributed by atoms with Crippen LogP contribution in [0.4, 0.5) is 0 Å². The number of benzene rings is 2. The normalized spacial score (nSPS) is 17.8. The molecule has 0 aliphatic carbocycles. The Morgan fingerprint density at radius 3 is 2.76 bits per heavy atom. The third-order valence-corrected chi connectivity index (χ3v) is 6.74. The summed E-state index contributed by atoms with van der Waals surface area (Å²) in [4.78, 5) is 16.2. The number of fused-ring (bicyclic) bond motifs is 1. The molecule has 184 valence electrons. The molecule has 9 heteroatoms. The van der Waals surface area contributed by atoms with E-state index in [1.807, 2.05) is 18.2 Å². The van der Waals surface area contributed by atoms with Crippen LogP contribution >= 0.6 is 11.6 Å². The number of phenolic OH excluding ortho intramolecular Hbond substituents is 1. The minimum Gasteiger partial charge on any atom is -0.508 e. The molecule has 34 heavy (non-hydrogen) atoms. The van der Waals surface area contributed by atoms with Crippen molar-refractivity contribution in [2.75, 3.05) is 46.4 Å². The predicted octanol–water partition coefficient (Wildman–Crippen LogP) is 2.32. The highest BCUT2D eigenvalue weighted by Crippen LogP contribution is 2.42. The summed E-state index contributed by atoms with van der Waals surface area (Å²) in [6, 6.07) is 10.00. The number of amides is 1. The van der Waals surface area contributed by atoms with E-state index in [1.165, 1.54) is 23.1 Å². The Bertz CT molecular complexity index is 1020. The fourth-order valence-corrected chi connectivity index (χ4v) is 4.82. The number of hydrogen-bond donors (Lipinski definition) is 3. The topological polar surface area (TPSA) is 103 Å². The van der Waals surface area contributed by atoms with Gasteiger partial charge in [0.15, 0.2) is 0 Å². The zero-order valence-electron chi connectivity index (χ0n) is 19.2. The molecule has 2 aliphatic rings. The van der Waals surface area contributed by atoms with Crippen LogP contribution < -0.4 is 9.47 Å². The number of aliphatic hydroxyl groups excluding tert-OH is 2.